The van der Waals surface area contributed by atoms with Gasteiger partial charge in [-0.25, -0.2) is 8.78 Å². The summed E-state index contributed by atoms with van der Waals surface area (Å²) in [5, 5.41) is 2.35. The van der Waals surface area contributed by atoms with E-state index in [0.717, 1.165) is 18.4 Å². The normalized spacial score (nSPS) is 15.6. The standard InChI is InChI=1S/C16H17F2N/c17-16(18)11-19(14-8-9-14)10-13-6-3-5-12-4-1-2-7-15(12)13/h1-7,14,16H,8-11H2. The largest absolute Gasteiger partial charge is 0.290 e. The summed E-state index contributed by atoms with van der Waals surface area (Å²) < 4.78 is 25.3. The molecule has 1 saturated carbocycles. The average Bonchev–Trinajstić information content (AvgIpc) is 3.22. The maximum absolute atomic E-state index is 12.6. The van der Waals surface area contributed by atoms with Crippen LogP contribution in [0.2, 0.25) is 0 Å². The molecule has 0 N–H and O–H groups in total. The molecular formula is C16H17F2N. The summed E-state index contributed by atoms with van der Waals surface area (Å²) in [5.74, 6) is 0. The third-order valence-electron chi connectivity index (χ3n) is 3.69. The quantitative estimate of drug-likeness (QED) is 0.784. The molecule has 100 valence electrons. The molecule has 0 radical (unpaired) electrons. The van der Waals surface area contributed by atoms with Crippen molar-refractivity contribution in [1.82, 2.24) is 4.90 Å². The van der Waals surface area contributed by atoms with Crippen LogP contribution < -0.4 is 0 Å². The van der Waals surface area contributed by atoms with Crippen molar-refractivity contribution in [1.29, 1.82) is 0 Å². The summed E-state index contributed by atoms with van der Waals surface area (Å²) in [4.78, 5) is 1.92. The molecule has 0 amide bonds. The van der Waals surface area contributed by atoms with Gasteiger partial charge in [-0.15, -0.1) is 0 Å². The Bertz CT molecular complexity index is 558. The van der Waals surface area contributed by atoms with Crippen molar-refractivity contribution in [2.24, 2.45) is 0 Å². The van der Waals surface area contributed by atoms with Crippen LogP contribution in [0.25, 0.3) is 10.8 Å². The van der Waals surface area contributed by atoms with Crippen LogP contribution in [0.4, 0.5) is 8.78 Å². The predicted molar refractivity (Wildman–Crippen MR) is 73.4 cm³/mol. The smallest absolute Gasteiger partial charge is 0.251 e. The third kappa shape index (κ3) is 2.92. The van der Waals surface area contributed by atoms with Crippen LogP contribution in [-0.4, -0.2) is 23.9 Å². The number of hydrogen-bond donors (Lipinski definition) is 0. The topological polar surface area (TPSA) is 3.24 Å². The van der Waals surface area contributed by atoms with Gasteiger partial charge in [0.25, 0.3) is 6.43 Å². The second kappa shape index (κ2) is 5.25. The zero-order chi connectivity index (χ0) is 13.2. The lowest BCUT2D eigenvalue weighted by Crippen LogP contribution is -2.30. The van der Waals surface area contributed by atoms with Gasteiger partial charge in [-0.05, 0) is 29.2 Å². The maximum atomic E-state index is 12.6. The fraction of sp³-hybridized carbons (Fsp3) is 0.375. The minimum Gasteiger partial charge on any atom is -0.290 e. The SMILES string of the molecule is FC(F)CN(Cc1cccc2ccccc12)C1CC1. The maximum Gasteiger partial charge on any atom is 0.251 e. The van der Waals surface area contributed by atoms with Gasteiger partial charge in [-0.1, -0.05) is 42.5 Å². The number of alkyl halides is 2. The van der Waals surface area contributed by atoms with E-state index in [1.165, 1.54) is 10.8 Å². The highest BCUT2D eigenvalue weighted by atomic mass is 19.3. The molecule has 1 aliphatic rings. The Morgan fingerprint density at radius 1 is 1.05 bits per heavy atom. The van der Waals surface area contributed by atoms with Crippen molar-refractivity contribution >= 4 is 10.8 Å². The lowest BCUT2D eigenvalue weighted by Gasteiger charge is -2.22. The first-order valence-corrected chi connectivity index (χ1v) is 6.73. The first kappa shape index (κ1) is 12.5. The first-order chi connectivity index (χ1) is 9.24. The van der Waals surface area contributed by atoms with Crippen molar-refractivity contribution in [3.63, 3.8) is 0 Å². The Morgan fingerprint density at radius 2 is 1.79 bits per heavy atom. The molecule has 0 heterocycles. The minimum atomic E-state index is -2.25. The van der Waals surface area contributed by atoms with Gasteiger partial charge >= 0.3 is 0 Å². The van der Waals surface area contributed by atoms with E-state index in [0.29, 0.717) is 12.6 Å². The molecule has 1 fully saturated rings. The van der Waals surface area contributed by atoms with Crippen LogP contribution in [0.15, 0.2) is 42.5 Å². The van der Waals surface area contributed by atoms with E-state index in [1.807, 2.05) is 29.2 Å². The van der Waals surface area contributed by atoms with E-state index in [2.05, 4.69) is 18.2 Å². The van der Waals surface area contributed by atoms with Gasteiger partial charge in [0.05, 0.1) is 6.54 Å². The van der Waals surface area contributed by atoms with Crippen molar-refractivity contribution in [3.8, 4) is 0 Å². The molecule has 3 heteroatoms. The number of nitrogens with zero attached hydrogens (tertiary/aromatic N) is 1. The second-order valence-corrected chi connectivity index (χ2v) is 5.19. The molecule has 0 aliphatic heterocycles. The molecule has 0 spiro atoms. The van der Waals surface area contributed by atoms with E-state index in [4.69, 9.17) is 0 Å². The van der Waals surface area contributed by atoms with Gasteiger partial charge in [0.15, 0.2) is 0 Å². The lowest BCUT2D eigenvalue weighted by molar-refractivity contribution is 0.0808. The van der Waals surface area contributed by atoms with Crippen molar-refractivity contribution in [2.45, 2.75) is 31.9 Å². The van der Waals surface area contributed by atoms with Gasteiger partial charge in [-0.2, -0.15) is 0 Å². The van der Waals surface area contributed by atoms with Crippen molar-refractivity contribution < 1.29 is 8.78 Å². The Labute approximate surface area is 111 Å². The number of hydrogen-bond acceptors (Lipinski definition) is 1. The Hall–Kier alpha value is -1.48. The van der Waals surface area contributed by atoms with Crippen LogP contribution in [0.3, 0.4) is 0 Å². The number of benzene rings is 2. The second-order valence-electron chi connectivity index (χ2n) is 5.19. The number of rotatable bonds is 5. The monoisotopic (exact) mass is 261 g/mol. The summed E-state index contributed by atoms with van der Waals surface area (Å²) >= 11 is 0. The predicted octanol–water partition coefficient (Wildman–Crippen LogP) is 4.07. The van der Waals surface area contributed by atoms with Crippen LogP contribution in [-0.2, 0) is 6.54 Å². The van der Waals surface area contributed by atoms with Crippen molar-refractivity contribution in [2.75, 3.05) is 6.54 Å². The van der Waals surface area contributed by atoms with Gasteiger partial charge < -0.3 is 0 Å². The molecule has 1 aliphatic carbocycles. The molecule has 0 atom stereocenters. The van der Waals surface area contributed by atoms with E-state index < -0.39 is 6.43 Å². The summed E-state index contributed by atoms with van der Waals surface area (Å²) in [7, 11) is 0. The van der Waals surface area contributed by atoms with Crippen LogP contribution in [0, 0.1) is 0 Å². The fourth-order valence-corrected chi connectivity index (χ4v) is 2.61. The zero-order valence-corrected chi connectivity index (χ0v) is 10.7. The Kier molecular flexibility index (Phi) is 3.47. The van der Waals surface area contributed by atoms with Gasteiger partial charge in [-0.3, -0.25) is 4.90 Å². The van der Waals surface area contributed by atoms with Crippen LogP contribution >= 0.6 is 0 Å². The van der Waals surface area contributed by atoms with Crippen molar-refractivity contribution in [3.05, 3.63) is 48.0 Å². The summed E-state index contributed by atoms with van der Waals surface area (Å²) in [6.07, 6.45) is -0.148. The summed E-state index contributed by atoms with van der Waals surface area (Å²) in [5.41, 5.74) is 1.14. The highest BCUT2D eigenvalue weighted by Gasteiger charge is 2.30. The minimum absolute atomic E-state index is 0.117. The van der Waals surface area contributed by atoms with E-state index in [1.54, 1.807) is 0 Å². The van der Waals surface area contributed by atoms with Crippen LogP contribution in [0.5, 0.6) is 0 Å². The molecule has 1 nitrogen and oxygen atoms in total. The average molecular weight is 261 g/mol. The van der Waals surface area contributed by atoms with Gasteiger partial charge in [0, 0.05) is 12.6 Å². The molecule has 0 aromatic heterocycles. The van der Waals surface area contributed by atoms with Gasteiger partial charge in [0.1, 0.15) is 0 Å². The van der Waals surface area contributed by atoms with E-state index in [9.17, 15) is 8.78 Å². The number of fused-ring (bicyclic) bond motifs is 1. The summed E-state index contributed by atoms with van der Waals surface area (Å²) in [6.45, 7) is 0.504. The molecular weight excluding hydrogens is 244 g/mol. The van der Waals surface area contributed by atoms with E-state index in [-0.39, 0.29) is 6.54 Å². The number of halogens is 2. The van der Waals surface area contributed by atoms with Crippen LogP contribution in [0.1, 0.15) is 18.4 Å². The lowest BCUT2D eigenvalue weighted by atomic mass is 10.0. The molecule has 0 saturated heterocycles. The molecule has 2 aromatic rings. The zero-order valence-electron chi connectivity index (χ0n) is 10.7. The molecule has 0 unspecified atom stereocenters. The third-order valence-corrected chi connectivity index (χ3v) is 3.69. The van der Waals surface area contributed by atoms with Gasteiger partial charge in [0.2, 0.25) is 0 Å². The Morgan fingerprint density at radius 3 is 2.53 bits per heavy atom. The molecule has 0 bridgehead atoms. The molecule has 3 rings (SSSR count). The molecule has 2 aromatic carbocycles. The summed E-state index contributed by atoms with van der Waals surface area (Å²) in [6, 6.07) is 14.6. The molecule has 19 heavy (non-hydrogen) atoms. The fourth-order valence-electron chi connectivity index (χ4n) is 2.61. The first-order valence-electron chi connectivity index (χ1n) is 6.73. The van der Waals surface area contributed by atoms with E-state index >= 15 is 0 Å². The highest BCUT2D eigenvalue weighted by Crippen LogP contribution is 2.30. The highest BCUT2D eigenvalue weighted by molar-refractivity contribution is 5.85. The Balaban J connectivity index is 1.87.